The molecule has 0 amide bonds. The van der Waals surface area contributed by atoms with Gasteiger partial charge in [-0.15, -0.1) is 0 Å². The van der Waals surface area contributed by atoms with Crippen molar-refractivity contribution in [2.24, 2.45) is 0 Å². The van der Waals surface area contributed by atoms with Gasteiger partial charge in [0.1, 0.15) is 11.5 Å². The third-order valence-electron chi connectivity index (χ3n) is 5.09. The van der Waals surface area contributed by atoms with E-state index in [2.05, 4.69) is 56.4 Å². The molecule has 1 N–H and O–H groups in total. The maximum Gasteiger partial charge on any atom is 0.127 e. The number of ether oxygens (including phenoxy) is 1. The SMILES string of the molecule is CC[SiH](CC)[C@H]1CNc2ccc(Oc3ccc(C)cc3)cc2C1. The standard InChI is InChI=1S/C20H27NOSi/c1-4-23(5-2)19-13-16-12-18(10-11-20(16)21-14-19)22-17-8-6-15(3)7-9-17/h6-12,19,21,23H,4-5,13-14H2,1-3H3/t19-/m1/s1. The second-order valence-electron chi connectivity index (χ2n) is 6.66. The van der Waals surface area contributed by atoms with Gasteiger partial charge >= 0.3 is 0 Å². The molecular formula is C20H27NOSi. The minimum Gasteiger partial charge on any atom is -0.457 e. The lowest BCUT2D eigenvalue weighted by atomic mass is 10.0. The number of hydrogen-bond donors (Lipinski definition) is 1. The Hall–Kier alpha value is -1.74. The lowest BCUT2D eigenvalue weighted by molar-refractivity contribution is 0.481. The van der Waals surface area contributed by atoms with Crippen molar-refractivity contribution in [2.75, 3.05) is 11.9 Å². The van der Waals surface area contributed by atoms with Crippen LogP contribution in [0.3, 0.4) is 0 Å². The highest BCUT2D eigenvalue weighted by atomic mass is 28.3. The van der Waals surface area contributed by atoms with Crippen LogP contribution in [0.2, 0.25) is 17.6 Å². The van der Waals surface area contributed by atoms with Gasteiger partial charge in [-0.2, -0.15) is 0 Å². The highest BCUT2D eigenvalue weighted by molar-refractivity contribution is 6.60. The van der Waals surface area contributed by atoms with E-state index in [0.717, 1.165) is 23.6 Å². The first kappa shape index (κ1) is 16.1. The van der Waals surface area contributed by atoms with Gasteiger partial charge in [0.2, 0.25) is 0 Å². The molecule has 0 spiro atoms. The molecule has 122 valence electrons. The number of anilines is 1. The van der Waals surface area contributed by atoms with Crippen molar-refractivity contribution in [1.29, 1.82) is 0 Å². The maximum atomic E-state index is 6.03. The number of rotatable bonds is 5. The van der Waals surface area contributed by atoms with E-state index < -0.39 is 8.80 Å². The largest absolute Gasteiger partial charge is 0.457 e. The Kier molecular flexibility index (Phi) is 5.06. The second kappa shape index (κ2) is 7.22. The summed E-state index contributed by atoms with van der Waals surface area (Å²) in [5.41, 5.74) is 4.83. The number of hydrogen-bond acceptors (Lipinski definition) is 2. The van der Waals surface area contributed by atoms with Crippen LogP contribution in [0.25, 0.3) is 0 Å². The van der Waals surface area contributed by atoms with Crippen LogP contribution < -0.4 is 10.1 Å². The molecule has 1 atom stereocenters. The fraction of sp³-hybridized carbons (Fsp3) is 0.400. The molecule has 2 aromatic rings. The third-order valence-corrected chi connectivity index (χ3v) is 8.99. The smallest absolute Gasteiger partial charge is 0.127 e. The van der Waals surface area contributed by atoms with E-state index in [9.17, 15) is 0 Å². The quantitative estimate of drug-likeness (QED) is 0.744. The van der Waals surface area contributed by atoms with Crippen LogP contribution in [0.15, 0.2) is 42.5 Å². The van der Waals surface area contributed by atoms with Crippen molar-refractivity contribution in [3.8, 4) is 11.5 Å². The van der Waals surface area contributed by atoms with Gasteiger partial charge in [0.05, 0.1) is 0 Å². The highest BCUT2D eigenvalue weighted by Gasteiger charge is 2.25. The van der Waals surface area contributed by atoms with Crippen molar-refractivity contribution in [2.45, 2.75) is 44.8 Å². The molecule has 0 fully saturated rings. The van der Waals surface area contributed by atoms with Crippen LogP contribution in [-0.4, -0.2) is 15.3 Å². The minimum atomic E-state index is -0.625. The summed E-state index contributed by atoms with van der Waals surface area (Å²) >= 11 is 0. The van der Waals surface area contributed by atoms with Crippen molar-refractivity contribution in [3.63, 3.8) is 0 Å². The van der Waals surface area contributed by atoms with Crippen LogP contribution in [0.4, 0.5) is 5.69 Å². The molecule has 3 rings (SSSR count). The first-order valence-corrected chi connectivity index (χ1v) is 11.1. The molecule has 1 aliphatic heterocycles. The first-order valence-electron chi connectivity index (χ1n) is 8.81. The Bertz CT molecular complexity index is 649. The van der Waals surface area contributed by atoms with Crippen molar-refractivity contribution in [3.05, 3.63) is 53.6 Å². The molecule has 0 aromatic heterocycles. The molecule has 0 aliphatic carbocycles. The zero-order valence-corrected chi connectivity index (χ0v) is 15.6. The maximum absolute atomic E-state index is 6.03. The van der Waals surface area contributed by atoms with E-state index >= 15 is 0 Å². The van der Waals surface area contributed by atoms with E-state index in [1.807, 2.05) is 12.1 Å². The van der Waals surface area contributed by atoms with Crippen LogP contribution >= 0.6 is 0 Å². The van der Waals surface area contributed by atoms with Gasteiger partial charge in [-0.1, -0.05) is 43.6 Å². The summed E-state index contributed by atoms with van der Waals surface area (Å²) in [7, 11) is -0.625. The molecule has 1 aliphatic rings. The van der Waals surface area contributed by atoms with Crippen molar-refractivity contribution < 1.29 is 4.74 Å². The van der Waals surface area contributed by atoms with Crippen LogP contribution in [0, 0.1) is 6.92 Å². The third kappa shape index (κ3) is 3.78. The van der Waals surface area contributed by atoms with Gasteiger partial charge in [-0.05, 0) is 54.8 Å². The van der Waals surface area contributed by atoms with Crippen molar-refractivity contribution in [1.82, 2.24) is 0 Å². The van der Waals surface area contributed by atoms with E-state index in [0.29, 0.717) is 0 Å². The molecule has 0 radical (unpaired) electrons. The Balaban J connectivity index is 1.76. The summed E-state index contributed by atoms with van der Waals surface area (Å²) in [5, 5.41) is 3.64. The summed E-state index contributed by atoms with van der Waals surface area (Å²) in [6.07, 6.45) is 1.21. The van der Waals surface area contributed by atoms with E-state index in [1.165, 1.54) is 35.3 Å². The van der Waals surface area contributed by atoms with Gasteiger partial charge in [-0.25, -0.2) is 0 Å². The summed E-state index contributed by atoms with van der Waals surface area (Å²) < 4.78 is 6.03. The second-order valence-corrected chi connectivity index (χ2v) is 10.8. The summed E-state index contributed by atoms with van der Waals surface area (Å²) in [4.78, 5) is 0. The van der Waals surface area contributed by atoms with Gasteiger partial charge in [-0.3, -0.25) is 0 Å². The average Bonchev–Trinajstić information content (AvgIpc) is 2.58. The molecule has 1 heterocycles. The summed E-state index contributed by atoms with van der Waals surface area (Å²) in [5.74, 6) is 1.85. The Labute approximate surface area is 141 Å². The zero-order valence-electron chi connectivity index (χ0n) is 14.4. The minimum absolute atomic E-state index is 0.625. The number of fused-ring (bicyclic) bond motifs is 1. The number of nitrogens with one attached hydrogen (secondary N) is 1. The summed E-state index contributed by atoms with van der Waals surface area (Å²) in [6.45, 7) is 7.99. The molecule has 2 aromatic carbocycles. The molecule has 0 bridgehead atoms. The van der Waals surface area contributed by atoms with Gasteiger partial charge in [0, 0.05) is 21.0 Å². The van der Waals surface area contributed by atoms with Crippen LogP contribution in [0.1, 0.15) is 25.0 Å². The van der Waals surface area contributed by atoms with Crippen molar-refractivity contribution >= 4 is 14.5 Å². The lowest BCUT2D eigenvalue weighted by Gasteiger charge is -2.31. The first-order chi connectivity index (χ1) is 11.2. The molecule has 3 heteroatoms. The fourth-order valence-electron chi connectivity index (χ4n) is 3.60. The number of aryl methyl sites for hydroxylation is 1. The van der Waals surface area contributed by atoms with Gasteiger partial charge in [0.25, 0.3) is 0 Å². The molecule has 23 heavy (non-hydrogen) atoms. The Morgan fingerprint density at radius 3 is 2.43 bits per heavy atom. The average molecular weight is 326 g/mol. The monoisotopic (exact) mass is 325 g/mol. The Morgan fingerprint density at radius 1 is 1.04 bits per heavy atom. The van der Waals surface area contributed by atoms with Crippen LogP contribution in [-0.2, 0) is 6.42 Å². The lowest BCUT2D eigenvalue weighted by Crippen LogP contribution is -2.30. The highest BCUT2D eigenvalue weighted by Crippen LogP contribution is 2.34. The predicted octanol–water partition coefficient (Wildman–Crippen LogP) is 5.39. The topological polar surface area (TPSA) is 21.3 Å². The van der Waals surface area contributed by atoms with Gasteiger partial charge < -0.3 is 10.1 Å². The van der Waals surface area contributed by atoms with Gasteiger partial charge in [0.15, 0.2) is 0 Å². The molecule has 0 saturated heterocycles. The normalized spacial score (nSPS) is 16.8. The molecule has 2 nitrogen and oxygen atoms in total. The predicted molar refractivity (Wildman–Crippen MR) is 102 cm³/mol. The molecule has 0 unspecified atom stereocenters. The number of benzene rings is 2. The fourth-order valence-corrected chi connectivity index (χ4v) is 6.55. The Morgan fingerprint density at radius 2 is 1.74 bits per heavy atom. The van der Waals surface area contributed by atoms with E-state index in [-0.39, 0.29) is 0 Å². The molecule has 0 saturated carbocycles. The van der Waals surface area contributed by atoms with Crippen LogP contribution in [0.5, 0.6) is 11.5 Å². The summed E-state index contributed by atoms with van der Waals surface area (Å²) in [6, 6.07) is 17.5. The van der Waals surface area contributed by atoms with E-state index in [1.54, 1.807) is 0 Å². The zero-order chi connectivity index (χ0) is 16.2. The van der Waals surface area contributed by atoms with E-state index in [4.69, 9.17) is 4.74 Å². The molecular weight excluding hydrogens is 298 g/mol.